The lowest BCUT2D eigenvalue weighted by atomic mass is 10.2. The number of methoxy groups -OCH3 is 2. The maximum atomic E-state index is 6.30. The Morgan fingerprint density at radius 3 is 2.05 bits per heavy atom. The van der Waals surface area contributed by atoms with Gasteiger partial charge in [0, 0.05) is 11.1 Å². The van der Waals surface area contributed by atoms with Crippen LogP contribution in [0.15, 0.2) is 12.1 Å². The molecule has 0 aliphatic rings. The average molecular weight is 334 g/mol. The van der Waals surface area contributed by atoms with E-state index >= 15 is 0 Å². The van der Waals surface area contributed by atoms with E-state index < -0.39 is 0 Å². The van der Waals surface area contributed by atoms with Gasteiger partial charge in [0.2, 0.25) is 0 Å². The molecule has 1 aromatic carbocycles. The van der Waals surface area contributed by atoms with Crippen LogP contribution >= 0.6 is 34.8 Å². The molecule has 2 aromatic rings. The molecule has 106 valence electrons. The number of halogens is 3. The second-order valence-corrected chi connectivity index (χ2v) is 5.01. The number of ether oxygens (including phenoxy) is 2. The van der Waals surface area contributed by atoms with Crippen LogP contribution in [-0.4, -0.2) is 24.2 Å². The van der Waals surface area contributed by atoms with Gasteiger partial charge in [-0.3, -0.25) is 0 Å². The largest absolute Gasteiger partial charge is 0.493 e. The zero-order valence-corrected chi connectivity index (χ0v) is 13.3. The van der Waals surface area contributed by atoms with Crippen molar-refractivity contribution in [2.24, 2.45) is 0 Å². The Hall–Kier alpha value is -1.23. The Kier molecular flexibility index (Phi) is 4.58. The highest BCUT2D eigenvalue weighted by Crippen LogP contribution is 2.41. The van der Waals surface area contributed by atoms with E-state index in [9.17, 15) is 0 Å². The van der Waals surface area contributed by atoms with Gasteiger partial charge in [0.05, 0.1) is 19.2 Å². The molecule has 20 heavy (non-hydrogen) atoms. The molecule has 0 bridgehead atoms. The summed E-state index contributed by atoms with van der Waals surface area (Å²) < 4.78 is 10.4. The van der Waals surface area contributed by atoms with Gasteiger partial charge in [-0.05, 0) is 19.1 Å². The van der Waals surface area contributed by atoms with E-state index in [1.807, 2.05) is 0 Å². The molecule has 4 nitrogen and oxygen atoms in total. The summed E-state index contributed by atoms with van der Waals surface area (Å²) in [6, 6.07) is 3.44. The molecular weight excluding hydrogens is 323 g/mol. The smallest absolute Gasteiger partial charge is 0.180 e. The van der Waals surface area contributed by atoms with E-state index in [-0.39, 0.29) is 10.3 Å². The van der Waals surface area contributed by atoms with Gasteiger partial charge >= 0.3 is 0 Å². The quantitative estimate of drug-likeness (QED) is 0.779. The van der Waals surface area contributed by atoms with Crippen LogP contribution in [0.2, 0.25) is 15.3 Å². The van der Waals surface area contributed by atoms with Crippen LogP contribution in [0.3, 0.4) is 0 Å². The van der Waals surface area contributed by atoms with Gasteiger partial charge in [-0.2, -0.15) is 0 Å². The lowest BCUT2D eigenvalue weighted by molar-refractivity contribution is 0.355. The van der Waals surface area contributed by atoms with Crippen molar-refractivity contribution in [2.45, 2.75) is 6.92 Å². The topological polar surface area (TPSA) is 44.2 Å². The van der Waals surface area contributed by atoms with Gasteiger partial charge in [0.1, 0.15) is 10.3 Å². The van der Waals surface area contributed by atoms with Crippen LogP contribution in [0.25, 0.3) is 11.4 Å². The van der Waals surface area contributed by atoms with Crippen LogP contribution in [0.1, 0.15) is 5.56 Å². The predicted molar refractivity (Wildman–Crippen MR) is 80.3 cm³/mol. The summed E-state index contributed by atoms with van der Waals surface area (Å²) in [6.07, 6.45) is 0. The van der Waals surface area contributed by atoms with Crippen LogP contribution in [0.4, 0.5) is 0 Å². The SMILES string of the molecule is COc1ccc(-c2nc(Cl)c(C)c(Cl)n2)c(Cl)c1OC. The third kappa shape index (κ3) is 2.64. The Bertz CT molecular complexity index is 639. The molecule has 1 aromatic heterocycles. The van der Waals surface area contributed by atoms with Crippen molar-refractivity contribution >= 4 is 34.8 Å². The molecule has 0 amide bonds. The molecule has 2 rings (SSSR count). The molecule has 0 saturated carbocycles. The third-order valence-electron chi connectivity index (χ3n) is 2.75. The molecule has 0 N–H and O–H groups in total. The summed E-state index contributed by atoms with van der Waals surface area (Å²) in [7, 11) is 3.04. The van der Waals surface area contributed by atoms with E-state index in [1.54, 1.807) is 19.1 Å². The van der Waals surface area contributed by atoms with E-state index in [2.05, 4.69) is 9.97 Å². The van der Waals surface area contributed by atoms with Gasteiger partial charge in [-0.25, -0.2) is 9.97 Å². The number of hydrogen-bond acceptors (Lipinski definition) is 4. The summed E-state index contributed by atoms with van der Waals surface area (Å²) >= 11 is 18.3. The molecule has 0 unspecified atom stereocenters. The molecule has 0 atom stereocenters. The molecule has 0 spiro atoms. The van der Waals surface area contributed by atoms with Crippen LogP contribution < -0.4 is 9.47 Å². The van der Waals surface area contributed by atoms with Gasteiger partial charge in [0.25, 0.3) is 0 Å². The summed E-state index contributed by atoms with van der Waals surface area (Å²) in [5.74, 6) is 1.25. The lowest BCUT2D eigenvalue weighted by Gasteiger charge is -2.12. The molecule has 7 heteroatoms. The van der Waals surface area contributed by atoms with Crippen molar-refractivity contribution in [3.05, 3.63) is 33.0 Å². The molecular formula is C13H11Cl3N2O2. The number of rotatable bonds is 3. The highest BCUT2D eigenvalue weighted by Gasteiger charge is 2.18. The van der Waals surface area contributed by atoms with Crippen molar-refractivity contribution in [1.82, 2.24) is 9.97 Å². The van der Waals surface area contributed by atoms with E-state index in [1.165, 1.54) is 14.2 Å². The van der Waals surface area contributed by atoms with Crippen molar-refractivity contribution in [1.29, 1.82) is 0 Å². The maximum absolute atomic E-state index is 6.30. The van der Waals surface area contributed by atoms with Gasteiger partial charge in [-0.15, -0.1) is 0 Å². The molecule has 0 aliphatic heterocycles. The standard InChI is InChI=1S/C13H11Cl3N2O2/c1-6-11(15)17-13(18-12(6)16)7-4-5-8(19-2)10(20-3)9(7)14/h4-5H,1-3H3. The summed E-state index contributed by atoms with van der Waals surface area (Å²) in [4.78, 5) is 8.37. The first-order chi connectivity index (χ1) is 9.49. The fraction of sp³-hybridized carbons (Fsp3) is 0.231. The Balaban J connectivity index is 2.65. The molecule has 0 radical (unpaired) electrons. The summed E-state index contributed by atoms with van der Waals surface area (Å²) in [6.45, 7) is 1.74. The van der Waals surface area contributed by atoms with Crippen molar-refractivity contribution in [3.63, 3.8) is 0 Å². The first-order valence-electron chi connectivity index (χ1n) is 5.60. The van der Waals surface area contributed by atoms with Gasteiger partial charge in [-0.1, -0.05) is 34.8 Å². The zero-order chi connectivity index (χ0) is 14.9. The molecule has 1 heterocycles. The highest BCUT2D eigenvalue weighted by atomic mass is 35.5. The third-order valence-corrected chi connectivity index (χ3v) is 3.86. The second-order valence-electron chi connectivity index (χ2n) is 3.92. The zero-order valence-electron chi connectivity index (χ0n) is 11.0. The predicted octanol–water partition coefficient (Wildman–Crippen LogP) is 4.43. The number of benzene rings is 1. The van der Waals surface area contributed by atoms with Crippen LogP contribution in [0, 0.1) is 6.92 Å². The molecule has 0 aliphatic carbocycles. The lowest BCUT2D eigenvalue weighted by Crippen LogP contribution is -1.97. The number of hydrogen-bond donors (Lipinski definition) is 0. The van der Waals surface area contributed by atoms with Crippen molar-refractivity contribution in [3.8, 4) is 22.9 Å². The minimum absolute atomic E-state index is 0.283. The highest BCUT2D eigenvalue weighted by molar-refractivity contribution is 6.36. The Morgan fingerprint density at radius 1 is 0.950 bits per heavy atom. The minimum Gasteiger partial charge on any atom is -0.493 e. The minimum atomic E-state index is 0.283. The van der Waals surface area contributed by atoms with Crippen molar-refractivity contribution in [2.75, 3.05) is 14.2 Å². The van der Waals surface area contributed by atoms with Crippen LogP contribution in [0.5, 0.6) is 11.5 Å². The Labute approximate surface area is 131 Å². The normalized spacial score (nSPS) is 10.5. The average Bonchev–Trinajstić information content (AvgIpc) is 2.43. The Morgan fingerprint density at radius 2 is 1.55 bits per heavy atom. The first kappa shape index (κ1) is 15.2. The van der Waals surface area contributed by atoms with E-state index in [0.29, 0.717) is 33.5 Å². The first-order valence-corrected chi connectivity index (χ1v) is 6.73. The van der Waals surface area contributed by atoms with E-state index in [0.717, 1.165) is 0 Å². The van der Waals surface area contributed by atoms with Crippen LogP contribution in [-0.2, 0) is 0 Å². The molecule has 0 saturated heterocycles. The number of nitrogens with zero attached hydrogens (tertiary/aromatic N) is 2. The maximum Gasteiger partial charge on any atom is 0.180 e. The monoisotopic (exact) mass is 332 g/mol. The van der Waals surface area contributed by atoms with E-state index in [4.69, 9.17) is 44.3 Å². The van der Waals surface area contributed by atoms with Gasteiger partial charge in [0.15, 0.2) is 17.3 Å². The van der Waals surface area contributed by atoms with Crippen molar-refractivity contribution < 1.29 is 9.47 Å². The molecule has 0 fully saturated rings. The van der Waals surface area contributed by atoms with Gasteiger partial charge < -0.3 is 9.47 Å². The summed E-state index contributed by atoms with van der Waals surface area (Å²) in [5, 5.41) is 0.902. The second kappa shape index (κ2) is 6.04. The number of aromatic nitrogens is 2. The fourth-order valence-electron chi connectivity index (χ4n) is 1.65. The fourth-order valence-corrected chi connectivity index (χ4v) is 2.35. The summed E-state index contributed by atoms with van der Waals surface area (Å²) in [5.41, 5.74) is 1.18.